The van der Waals surface area contributed by atoms with E-state index in [0.29, 0.717) is 28.3 Å². The molecule has 0 aromatic heterocycles. The van der Waals surface area contributed by atoms with Gasteiger partial charge in [-0.2, -0.15) is 0 Å². The van der Waals surface area contributed by atoms with E-state index in [2.05, 4.69) is 10.3 Å². The minimum Gasteiger partial charge on any atom is -0.497 e. The molecule has 36 heavy (non-hydrogen) atoms. The van der Waals surface area contributed by atoms with Crippen molar-refractivity contribution in [3.63, 3.8) is 0 Å². The molecule has 0 spiro atoms. The quantitative estimate of drug-likeness (QED) is 0.480. The maximum absolute atomic E-state index is 13.4. The first kappa shape index (κ1) is 24.1. The van der Waals surface area contributed by atoms with E-state index in [9.17, 15) is 9.59 Å². The van der Waals surface area contributed by atoms with Gasteiger partial charge < -0.3 is 10.1 Å². The number of carbonyl (C=O) groups is 2. The van der Waals surface area contributed by atoms with Crippen molar-refractivity contribution in [2.75, 3.05) is 7.11 Å². The van der Waals surface area contributed by atoms with Crippen LogP contribution in [-0.2, 0) is 21.9 Å². The van der Waals surface area contributed by atoms with Crippen molar-refractivity contribution in [3.05, 3.63) is 94.5 Å². The monoisotopic (exact) mass is 518 g/mol. The Kier molecular flexibility index (Phi) is 7.06. The van der Waals surface area contributed by atoms with Gasteiger partial charge in [-0.1, -0.05) is 65.8 Å². The summed E-state index contributed by atoms with van der Waals surface area (Å²) in [6, 6.07) is 21.8. The number of methoxy groups -OCH3 is 1. The molecule has 0 radical (unpaired) electrons. The van der Waals surface area contributed by atoms with Crippen LogP contribution in [0.4, 0.5) is 5.69 Å². The Morgan fingerprint density at radius 3 is 2.61 bits per heavy atom. The summed E-state index contributed by atoms with van der Waals surface area (Å²) in [6.45, 7) is 0.354. The number of rotatable bonds is 7. The molecule has 3 aromatic carbocycles. The summed E-state index contributed by atoms with van der Waals surface area (Å²) >= 11 is 7.74. The fourth-order valence-corrected chi connectivity index (χ4v) is 5.27. The molecule has 2 amide bonds. The van der Waals surface area contributed by atoms with E-state index in [1.165, 1.54) is 16.7 Å². The topological polar surface area (TPSA) is 83.4 Å². The minimum atomic E-state index is -0.812. The Bertz CT molecular complexity index is 1370. The first-order valence-corrected chi connectivity index (χ1v) is 12.8. The van der Waals surface area contributed by atoms with Gasteiger partial charge in [-0.15, -0.1) is 0 Å². The van der Waals surface area contributed by atoms with Gasteiger partial charge in [0.15, 0.2) is 5.17 Å². The standard InChI is InChI=1S/C27H23ClN4O3S/c1-35-19-12-10-17(11-13-19)15-29-24(33)14-23-26(34)32-25(30-23)20-7-3-5-9-22(20)31-27(32)36-16-18-6-2-4-8-21(18)28/h2-13,23H,14-16H2,1H3,(H,29,33)/t23-/m1/s1. The van der Waals surface area contributed by atoms with E-state index in [0.717, 1.165) is 28.1 Å². The van der Waals surface area contributed by atoms with Crippen molar-refractivity contribution in [1.82, 2.24) is 10.2 Å². The average Bonchev–Trinajstić information content (AvgIpc) is 3.23. The molecule has 0 saturated carbocycles. The molecule has 2 aliphatic rings. The lowest BCUT2D eigenvalue weighted by Crippen LogP contribution is -2.42. The van der Waals surface area contributed by atoms with Crippen molar-refractivity contribution in [2.24, 2.45) is 9.98 Å². The molecule has 2 heterocycles. The molecule has 7 nitrogen and oxygen atoms in total. The largest absolute Gasteiger partial charge is 0.497 e. The minimum absolute atomic E-state index is 0.0420. The van der Waals surface area contributed by atoms with Crippen LogP contribution in [0.1, 0.15) is 23.1 Å². The van der Waals surface area contributed by atoms with Gasteiger partial charge in [0, 0.05) is 22.9 Å². The summed E-state index contributed by atoms with van der Waals surface area (Å²) in [5, 5.41) is 4.07. The molecule has 182 valence electrons. The lowest BCUT2D eigenvalue weighted by atomic mass is 10.1. The number of amidine groups is 2. The van der Waals surface area contributed by atoms with Crippen LogP contribution in [0.15, 0.2) is 82.8 Å². The van der Waals surface area contributed by atoms with Crippen LogP contribution in [-0.4, -0.2) is 40.9 Å². The van der Waals surface area contributed by atoms with Crippen LogP contribution in [0.25, 0.3) is 0 Å². The number of fused-ring (bicyclic) bond motifs is 3. The fourth-order valence-electron chi connectivity index (χ4n) is 3.98. The van der Waals surface area contributed by atoms with Gasteiger partial charge in [-0.3, -0.25) is 14.6 Å². The molecule has 9 heteroatoms. The second-order valence-electron chi connectivity index (χ2n) is 8.26. The van der Waals surface area contributed by atoms with Gasteiger partial charge in [0.2, 0.25) is 5.91 Å². The normalized spacial score (nSPS) is 16.1. The number of nitrogens with zero attached hydrogens (tertiary/aromatic N) is 3. The number of halogens is 1. The summed E-state index contributed by atoms with van der Waals surface area (Å²) in [5.41, 5.74) is 3.40. The van der Waals surface area contributed by atoms with E-state index in [1.54, 1.807) is 7.11 Å². The molecule has 1 atom stereocenters. The summed E-state index contributed by atoms with van der Waals surface area (Å²) in [6.07, 6.45) is -0.0420. The van der Waals surface area contributed by atoms with Gasteiger partial charge in [0.05, 0.1) is 19.2 Å². The number of para-hydroxylation sites is 1. The smallest absolute Gasteiger partial charge is 0.259 e. The van der Waals surface area contributed by atoms with Crippen molar-refractivity contribution in [3.8, 4) is 5.75 Å². The second kappa shape index (κ2) is 10.6. The Labute approximate surface area is 218 Å². The zero-order valence-corrected chi connectivity index (χ0v) is 21.1. The first-order valence-electron chi connectivity index (χ1n) is 11.4. The van der Waals surface area contributed by atoms with Crippen molar-refractivity contribution in [1.29, 1.82) is 0 Å². The molecule has 0 unspecified atom stereocenters. The lowest BCUT2D eigenvalue weighted by molar-refractivity contribution is -0.128. The highest BCUT2D eigenvalue weighted by Gasteiger charge is 2.42. The van der Waals surface area contributed by atoms with Gasteiger partial charge in [0.25, 0.3) is 5.91 Å². The number of hydrogen-bond acceptors (Lipinski definition) is 6. The maximum atomic E-state index is 13.4. The predicted octanol–water partition coefficient (Wildman–Crippen LogP) is 4.95. The number of thioether (sulfide) groups is 1. The van der Waals surface area contributed by atoms with Crippen LogP contribution in [0, 0.1) is 0 Å². The molecule has 1 N–H and O–H groups in total. The number of aliphatic imine (C=N–C) groups is 2. The van der Waals surface area contributed by atoms with E-state index < -0.39 is 6.04 Å². The van der Waals surface area contributed by atoms with Crippen LogP contribution >= 0.6 is 23.4 Å². The third-order valence-corrected chi connectivity index (χ3v) is 7.25. The number of carbonyl (C=O) groups excluding carboxylic acids is 2. The van der Waals surface area contributed by atoms with Crippen LogP contribution in [0.2, 0.25) is 5.02 Å². The number of ether oxygens (including phenoxy) is 1. The number of hydrogen-bond donors (Lipinski definition) is 1. The zero-order chi connectivity index (χ0) is 25.1. The van der Waals surface area contributed by atoms with E-state index in [4.69, 9.17) is 21.3 Å². The number of nitrogens with one attached hydrogen (secondary N) is 1. The summed E-state index contributed by atoms with van der Waals surface area (Å²) < 4.78 is 5.16. The van der Waals surface area contributed by atoms with Gasteiger partial charge in [-0.05, 0) is 41.5 Å². The summed E-state index contributed by atoms with van der Waals surface area (Å²) in [7, 11) is 1.61. The highest BCUT2D eigenvalue weighted by molar-refractivity contribution is 8.13. The van der Waals surface area contributed by atoms with Crippen molar-refractivity contribution < 1.29 is 14.3 Å². The third-order valence-electron chi connectivity index (χ3n) is 5.89. The summed E-state index contributed by atoms with van der Waals surface area (Å²) in [4.78, 5) is 37.0. The molecular weight excluding hydrogens is 496 g/mol. The maximum Gasteiger partial charge on any atom is 0.259 e. The molecule has 2 aliphatic heterocycles. The zero-order valence-electron chi connectivity index (χ0n) is 19.5. The molecule has 3 aromatic rings. The highest BCUT2D eigenvalue weighted by atomic mass is 35.5. The van der Waals surface area contributed by atoms with E-state index >= 15 is 0 Å². The van der Waals surface area contributed by atoms with Crippen LogP contribution in [0.5, 0.6) is 5.75 Å². The van der Waals surface area contributed by atoms with E-state index in [-0.39, 0.29) is 18.2 Å². The molecule has 0 fully saturated rings. The SMILES string of the molecule is COc1ccc(CNC(=O)C[C@H]2N=C3c4ccccc4N=C(SCc4ccccc4Cl)N3C2=O)cc1. The Hall–Kier alpha value is -3.62. The van der Waals surface area contributed by atoms with Crippen molar-refractivity contribution >= 4 is 51.9 Å². The van der Waals surface area contributed by atoms with Crippen LogP contribution < -0.4 is 10.1 Å². The predicted molar refractivity (Wildman–Crippen MR) is 143 cm³/mol. The summed E-state index contributed by atoms with van der Waals surface area (Å²) in [5.74, 6) is 1.32. The molecular formula is C27H23ClN4O3S. The highest BCUT2D eigenvalue weighted by Crippen LogP contribution is 2.35. The number of benzene rings is 3. The second-order valence-corrected chi connectivity index (χ2v) is 9.61. The van der Waals surface area contributed by atoms with Gasteiger partial charge in [-0.25, -0.2) is 9.89 Å². The Morgan fingerprint density at radius 1 is 1.08 bits per heavy atom. The van der Waals surface area contributed by atoms with Gasteiger partial charge >= 0.3 is 0 Å². The molecule has 5 rings (SSSR count). The van der Waals surface area contributed by atoms with Crippen molar-refractivity contribution in [2.45, 2.75) is 24.8 Å². The first-order chi connectivity index (χ1) is 17.5. The fraction of sp³-hybridized carbons (Fsp3) is 0.185. The lowest BCUT2D eigenvalue weighted by Gasteiger charge is -2.25. The number of amides is 2. The average molecular weight is 519 g/mol. The third kappa shape index (κ3) is 5.01. The molecule has 0 saturated heterocycles. The van der Waals surface area contributed by atoms with Gasteiger partial charge in [0.1, 0.15) is 17.6 Å². The molecule has 0 aliphatic carbocycles. The molecule has 0 bridgehead atoms. The van der Waals surface area contributed by atoms with E-state index in [1.807, 2.05) is 72.8 Å². The Morgan fingerprint density at radius 2 is 1.83 bits per heavy atom. The Balaban J connectivity index is 1.31. The van der Waals surface area contributed by atoms with Crippen LogP contribution in [0.3, 0.4) is 0 Å².